The van der Waals surface area contributed by atoms with Crippen LogP contribution in [-0.4, -0.2) is 28.4 Å². The van der Waals surface area contributed by atoms with E-state index in [1.54, 1.807) is 0 Å². The van der Waals surface area contributed by atoms with Crippen molar-refractivity contribution >= 4 is 5.97 Å². The van der Waals surface area contributed by atoms with E-state index in [0.29, 0.717) is 6.61 Å². The summed E-state index contributed by atoms with van der Waals surface area (Å²) in [5, 5.41) is 19.0. The van der Waals surface area contributed by atoms with Crippen molar-refractivity contribution in [2.45, 2.75) is 116 Å². The minimum atomic E-state index is -0.700. The number of unbranched alkanes of at least 4 members (excludes halogenated alkanes) is 7. The molecular formula is C25H42O4. The predicted molar refractivity (Wildman–Crippen MR) is 119 cm³/mol. The third-order valence-electron chi connectivity index (χ3n) is 5.46. The van der Waals surface area contributed by atoms with Gasteiger partial charge in [0, 0.05) is 6.42 Å². The Morgan fingerprint density at radius 2 is 1.52 bits per heavy atom. The van der Waals surface area contributed by atoms with Crippen LogP contribution in [0.4, 0.5) is 0 Å². The number of aliphatic hydroxyl groups excluding tert-OH is 1. The van der Waals surface area contributed by atoms with Gasteiger partial charge in [0.2, 0.25) is 0 Å². The molecule has 2 N–H and O–H groups in total. The minimum absolute atomic E-state index is 0.227. The molecule has 0 aromatic heterocycles. The van der Waals surface area contributed by atoms with Crippen LogP contribution in [0.25, 0.3) is 0 Å². The molecule has 0 radical (unpaired) electrons. The molecule has 1 aromatic rings. The van der Waals surface area contributed by atoms with Crippen LogP contribution < -0.4 is 0 Å². The van der Waals surface area contributed by atoms with Crippen LogP contribution in [0.15, 0.2) is 30.3 Å². The van der Waals surface area contributed by atoms with Gasteiger partial charge in [0.05, 0.1) is 18.8 Å². The summed E-state index contributed by atoms with van der Waals surface area (Å²) in [4.78, 5) is 10.5. The van der Waals surface area contributed by atoms with Crippen molar-refractivity contribution in [2.24, 2.45) is 0 Å². The number of benzene rings is 1. The number of aliphatic hydroxyl groups is 1. The third kappa shape index (κ3) is 15.2. The Hall–Kier alpha value is -1.39. The van der Waals surface area contributed by atoms with Crippen molar-refractivity contribution in [3.63, 3.8) is 0 Å². The highest BCUT2D eigenvalue weighted by atomic mass is 16.5. The Labute approximate surface area is 177 Å². The number of rotatable bonds is 19. The summed E-state index contributed by atoms with van der Waals surface area (Å²) in [6, 6.07) is 10.3. The molecule has 1 rings (SSSR count). The number of hydrogen-bond acceptors (Lipinski definition) is 3. The molecule has 166 valence electrons. The van der Waals surface area contributed by atoms with Crippen molar-refractivity contribution in [1.82, 2.24) is 0 Å². The van der Waals surface area contributed by atoms with Gasteiger partial charge in [0.15, 0.2) is 0 Å². The quantitative estimate of drug-likeness (QED) is 0.257. The topological polar surface area (TPSA) is 66.8 Å². The Morgan fingerprint density at radius 3 is 2.21 bits per heavy atom. The zero-order valence-electron chi connectivity index (χ0n) is 18.4. The lowest BCUT2D eigenvalue weighted by Gasteiger charge is -2.20. The third-order valence-corrected chi connectivity index (χ3v) is 5.46. The van der Waals surface area contributed by atoms with E-state index in [9.17, 15) is 9.90 Å². The summed E-state index contributed by atoms with van der Waals surface area (Å²) < 4.78 is 6.17. The summed E-state index contributed by atoms with van der Waals surface area (Å²) in [7, 11) is 0. The first-order chi connectivity index (χ1) is 14.1. The molecule has 0 heterocycles. The van der Waals surface area contributed by atoms with Crippen LogP contribution in [0.5, 0.6) is 0 Å². The van der Waals surface area contributed by atoms with E-state index >= 15 is 0 Å². The maximum atomic E-state index is 10.5. The lowest BCUT2D eigenvalue weighted by Crippen LogP contribution is -2.17. The number of carboxylic acids is 1. The van der Waals surface area contributed by atoms with Crippen LogP contribution in [0.2, 0.25) is 0 Å². The maximum Gasteiger partial charge on any atom is 0.303 e. The first-order valence-corrected chi connectivity index (χ1v) is 11.7. The fraction of sp³-hybridized carbons (Fsp3) is 0.720. The van der Waals surface area contributed by atoms with Gasteiger partial charge < -0.3 is 14.9 Å². The summed E-state index contributed by atoms with van der Waals surface area (Å²) in [5.74, 6) is -0.700. The van der Waals surface area contributed by atoms with Gasteiger partial charge in [-0.25, -0.2) is 0 Å². The van der Waals surface area contributed by atoms with E-state index in [1.165, 1.54) is 24.8 Å². The van der Waals surface area contributed by atoms with Crippen LogP contribution in [0, 0.1) is 0 Å². The van der Waals surface area contributed by atoms with Crippen molar-refractivity contribution in [3.8, 4) is 0 Å². The molecule has 0 bridgehead atoms. The molecule has 0 aliphatic carbocycles. The van der Waals surface area contributed by atoms with Crippen molar-refractivity contribution < 1.29 is 19.7 Å². The van der Waals surface area contributed by atoms with Gasteiger partial charge in [-0.05, 0) is 37.7 Å². The molecule has 2 atom stereocenters. The van der Waals surface area contributed by atoms with Crippen LogP contribution in [0.3, 0.4) is 0 Å². The van der Waals surface area contributed by atoms with Crippen LogP contribution in [-0.2, 0) is 16.1 Å². The van der Waals surface area contributed by atoms with Gasteiger partial charge in [-0.15, -0.1) is 0 Å². The Morgan fingerprint density at radius 1 is 0.862 bits per heavy atom. The zero-order chi connectivity index (χ0) is 21.2. The number of aliphatic carboxylic acids is 1. The van der Waals surface area contributed by atoms with Crippen molar-refractivity contribution in [3.05, 3.63) is 35.9 Å². The van der Waals surface area contributed by atoms with E-state index in [-0.39, 0.29) is 18.6 Å². The number of ether oxygens (including phenoxy) is 1. The SMILES string of the molecule is CCCCCC(CCC(O)CCCCCCCCC(=O)O)OCc1ccccc1. The van der Waals surface area contributed by atoms with E-state index < -0.39 is 5.97 Å². The Kier molecular flexibility index (Phi) is 15.4. The number of carboxylic acid groups (broad SMARTS) is 1. The molecule has 0 saturated heterocycles. The molecule has 1 aromatic carbocycles. The lowest BCUT2D eigenvalue weighted by atomic mass is 10.00. The average Bonchev–Trinajstić information content (AvgIpc) is 2.72. The molecule has 0 spiro atoms. The minimum Gasteiger partial charge on any atom is -0.481 e. The maximum absolute atomic E-state index is 10.5. The van der Waals surface area contributed by atoms with E-state index in [4.69, 9.17) is 9.84 Å². The lowest BCUT2D eigenvalue weighted by molar-refractivity contribution is -0.137. The zero-order valence-corrected chi connectivity index (χ0v) is 18.4. The molecule has 0 aliphatic rings. The largest absolute Gasteiger partial charge is 0.481 e. The van der Waals surface area contributed by atoms with Gasteiger partial charge in [-0.1, -0.05) is 88.6 Å². The standard InChI is InChI=1S/C25H42O4/c1-2-3-9-17-24(29-21-22-14-10-8-11-15-22)20-19-23(26)16-12-6-4-5-7-13-18-25(27)28/h8,10-11,14-15,23-24,26H,2-7,9,12-13,16-21H2,1H3,(H,27,28). The first-order valence-electron chi connectivity index (χ1n) is 11.7. The van der Waals surface area contributed by atoms with Crippen LogP contribution >= 0.6 is 0 Å². The second kappa shape index (κ2) is 17.5. The molecule has 2 unspecified atom stereocenters. The predicted octanol–water partition coefficient (Wildman–Crippen LogP) is 6.50. The highest BCUT2D eigenvalue weighted by Crippen LogP contribution is 2.18. The first kappa shape index (κ1) is 25.6. The summed E-state index contributed by atoms with van der Waals surface area (Å²) in [6.07, 6.45) is 13.7. The highest BCUT2D eigenvalue weighted by molar-refractivity contribution is 5.66. The summed E-state index contributed by atoms with van der Waals surface area (Å²) >= 11 is 0. The smallest absolute Gasteiger partial charge is 0.303 e. The fourth-order valence-electron chi connectivity index (χ4n) is 3.61. The van der Waals surface area contributed by atoms with Crippen molar-refractivity contribution in [1.29, 1.82) is 0 Å². The number of hydrogen-bond donors (Lipinski definition) is 2. The fourth-order valence-corrected chi connectivity index (χ4v) is 3.61. The summed E-state index contributed by atoms with van der Waals surface area (Å²) in [6.45, 7) is 2.87. The second-order valence-corrected chi connectivity index (χ2v) is 8.20. The Bertz CT molecular complexity index is 503. The van der Waals surface area contributed by atoms with Gasteiger partial charge in [-0.2, -0.15) is 0 Å². The van der Waals surface area contributed by atoms with Gasteiger partial charge in [0.25, 0.3) is 0 Å². The van der Waals surface area contributed by atoms with Crippen LogP contribution in [0.1, 0.15) is 102 Å². The van der Waals surface area contributed by atoms with Crippen molar-refractivity contribution in [2.75, 3.05) is 0 Å². The second-order valence-electron chi connectivity index (χ2n) is 8.20. The van der Waals surface area contributed by atoms with Gasteiger partial charge in [0.1, 0.15) is 0 Å². The van der Waals surface area contributed by atoms with E-state index in [1.807, 2.05) is 18.2 Å². The molecular weight excluding hydrogens is 364 g/mol. The Balaban J connectivity index is 2.16. The van der Waals surface area contributed by atoms with Gasteiger partial charge >= 0.3 is 5.97 Å². The molecule has 29 heavy (non-hydrogen) atoms. The highest BCUT2D eigenvalue weighted by Gasteiger charge is 2.13. The molecule has 4 nitrogen and oxygen atoms in total. The molecule has 0 aliphatic heterocycles. The van der Waals surface area contributed by atoms with E-state index in [2.05, 4.69) is 19.1 Å². The molecule has 0 amide bonds. The monoisotopic (exact) mass is 406 g/mol. The number of carbonyl (C=O) groups is 1. The molecule has 0 fully saturated rings. The normalized spacial score (nSPS) is 13.3. The summed E-state index contributed by atoms with van der Waals surface area (Å²) in [5.41, 5.74) is 1.21. The van der Waals surface area contributed by atoms with Gasteiger partial charge in [-0.3, -0.25) is 4.79 Å². The van der Waals surface area contributed by atoms with E-state index in [0.717, 1.165) is 64.2 Å². The molecule has 4 heteroatoms. The average molecular weight is 407 g/mol. The molecule has 0 saturated carbocycles.